The first kappa shape index (κ1) is 7.34. The monoisotopic (exact) mass is 167 g/mol. The maximum atomic E-state index is 12.2. The molecule has 1 aromatic heterocycles. The van der Waals surface area contributed by atoms with Crippen molar-refractivity contribution in [3.8, 4) is 0 Å². The summed E-state index contributed by atoms with van der Waals surface area (Å²) < 4.78 is 36.3. The van der Waals surface area contributed by atoms with Crippen molar-refractivity contribution in [2.45, 2.75) is 0 Å². The molecule has 1 nitrogen and oxygen atoms in total. The number of nitrogens with zero attached hydrogens (tertiary/aromatic N) is 1. The molecule has 1 heterocycles. The number of hydrogen-bond donors (Lipinski definition) is 0. The van der Waals surface area contributed by atoms with Gasteiger partial charge in [-0.05, 0) is 0 Å². The van der Waals surface area contributed by atoms with Crippen molar-refractivity contribution < 1.29 is 13.2 Å². The van der Waals surface area contributed by atoms with Crippen molar-refractivity contribution in [3.05, 3.63) is 28.8 Å². The summed E-state index contributed by atoms with van der Waals surface area (Å²) in [6.07, 6.45) is 0.515. The molecule has 0 aliphatic rings. The highest BCUT2D eigenvalue weighted by Crippen LogP contribution is 2.15. The molecule has 0 saturated carbocycles. The fourth-order valence-electron chi connectivity index (χ4n) is 0.422. The van der Waals surface area contributed by atoms with Crippen LogP contribution in [0.1, 0.15) is 0 Å². The van der Waals surface area contributed by atoms with E-state index in [9.17, 15) is 13.2 Å². The molecule has 0 saturated heterocycles. The van der Waals surface area contributed by atoms with Crippen molar-refractivity contribution >= 4 is 11.6 Å². The Morgan fingerprint density at radius 2 is 1.80 bits per heavy atom. The lowest BCUT2D eigenvalue weighted by atomic mass is 10.4. The molecule has 0 atom stereocenters. The smallest absolute Gasteiger partial charge is 0.199 e. The van der Waals surface area contributed by atoms with E-state index in [-0.39, 0.29) is 0 Å². The minimum absolute atomic E-state index is 0.515. The Hall–Kier alpha value is -0.770. The van der Waals surface area contributed by atoms with Crippen molar-refractivity contribution in [3.63, 3.8) is 0 Å². The van der Waals surface area contributed by atoms with Gasteiger partial charge in [0.25, 0.3) is 0 Å². The topological polar surface area (TPSA) is 12.9 Å². The standard InChI is InChI=1S/C5HClF3N/c6-5-4(9)3(8)2(7)1-10-5/h1H. The van der Waals surface area contributed by atoms with E-state index >= 15 is 0 Å². The van der Waals surface area contributed by atoms with E-state index in [1.807, 2.05) is 0 Å². The number of hydrogen-bond acceptors (Lipinski definition) is 1. The summed E-state index contributed by atoms with van der Waals surface area (Å²) in [5, 5.41) is -0.668. The normalized spacial score (nSPS) is 10.0. The highest BCUT2D eigenvalue weighted by atomic mass is 35.5. The lowest BCUT2D eigenvalue weighted by Gasteiger charge is -1.93. The van der Waals surface area contributed by atoms with E-state index in [0.29, 0.717) is 6.20 Å². The number of rotatable bonds is 0. The Balaban J connectivity index is 3.34. The number of aromatic nitrogens is 1. The largest absolute Gasteiger partial charge is 0.238 e. The fraction of sp³-hybridized carbons (Fsp3) is 0. The van der Waals surface area contributed by atoms with Crippen molar-refractivity contribution in [1.82, 2.24) is 4.98 Å². The van der Waals surface area contributed by atoms with Gasteiger partial charge in [-0.3, -0.25) is 0 Å². The van der Waals surface area contributed by atoms with Crippen molar-refractivity contribution in [2.75, 3.05) is 0 Å². The molecule has 0 aliphatic carbocycles. The van der Waals surface area contributed by atoms with Gasteiger partial charge in [0, 0.05) is 0 Å². The third-order valence-electron chi connectivity index (χ3n) is 0.875. The molecule has 0 unspecified atom stereocenters. The summed E-state index contributed by atoms with van der Waals surface area (Å²) in [4.78, 5) is 3.01. The first-order valence-corrected chi connectivity index (χ1v) is 2.65. The molecule has 0 bridgehead atoms. The molecular formula is C5HClF3N. The predicted molar refractivity (Wildman–Crippen MR) is 29.1 cm³/mol. The van der Waals surface area contributed by atoms with Crippen molar-refractivity contribution in [1.29, 1.82) is 0 Å². The minimum Gasteiger partial charge on any atom is -0.238 e. The molecule has 0 radical (unpaired) electrons. The van der Waals surface area contributed by atoms with Gasteiger partial charge in [-0.25, -0.2) is 18.2 Å². The van der Waals surface area contributed by atoms with Crippen LogP contribution in [0.25, 0.3) is 0 Å². The molecule has 0 aliphatic heterocycles. The summed E-state index contributed by atoms with van der Waals surface area (Å²) in [6.45, 7) is 0. The zero-order chi connectivity index (χ0) is 7.72. The van der Waals surface area contributed by atoms with Crippen LogP contribution >= 0.6 is 11.6 Å². The molecule has 5 heteroatoms. The maximum absolute atomic E-state index is 12.2. The Bertz CT molecular complexity index is 236. The van der Waals surface area contributed by atoms with Crippen LogP contribution in [0.3, 0.4) is 0 Å². The van der Waals surface area contributed by atoms with Crippen LogP contribution in [0.5, 0.6) is 0 Å². The van der Waals surface area contributed by atoms with Gasteiger partial charge in [-0.2, -0.15) is 0 Å². The van der Waals surface area contributed by atoms with Crippen LogP contribution in [0.15, 0.2) is 6.20 Å². The molecule has 1 aromatic rings. The number of pyridine rings is 1. The van der Waals surface area contributed by atoms with E-state index in [1.54, 1.807) is 0 Å². The first-order chi connectivity index (χ1) is 4.63. The minimum atomic E-state index is -1.60. The summed E-state index contributed by atoms with van der Waals surface area (Å²) >= 11 is 4.99. The first-order valence-electron chi connectivity index (χ1n) is 2.28. The van der Waals surface area contributed by atoms with Gasteiger partial charge in [-0.15, -0.1) is 0 Å². The molecule has 0 amide bonds. The van der Waals surface area contributed by atoms with Gasteiger partial charge in [0.2, 0.25) is 0 Å². The maximum Gasteiger partial charge on any atom is 0.199 e. The molecule has 10 heavy (non-hydrogen) atoms. The van der Waals surface area contributed by atoms with Crippen LogP contribution < -0.4 is 0 Å². The fourth-order valence-corrected chi connectivity index (χ4v) is 0.554. The van der Waals surface area contributed by atoms with Gasteiger partial charge in [0.15, 0.2) is 22.6 Å². The van der Waals surface area contributed by atoms with Crippen LogP contribution in [-0.2, 0) is 0 Å². The lowest BCUT2D eigenvalue weighted by Crippen LogP contribution is -1.93. The van der Waals surface area contributed by atoms with E-state index in [2.05, 4.69) is 4.98 Å². The Morgan fingerprint density at radius 1 is 1.20 bits per heavy atom. The Kier molecular flexibility index (Phi) is 1.80. The van der Waals surface area contributed by atoms with Crippen LogP contribution in [-0.4, -0.2) is 4.98 Å². The zero-order valence-electron chi connectivity index (χ0n) is 4.54. The second kappa shape index (κ2) is 2.46. The highest BCUT2D eigenvalue weighted by molar-refractivity contribution is 6.29. The van der Waals surface area contributed by atoms with E-state index < -0.39 is 22.6 Å². The Morgan fingerprint density at radius 3 is 2.30 bits per heavy atom. The molecule has 1 rings (SSSR count). The van der Waals surface area contributed by atoms with Gasteiger partial charge < -0.3 is 0 Å². The summed E-state index contributed by atoms with van der Waals surface area (Å²) in [6, 6.07) is 0. The second-order valence-corrected chi connectivity index (χ2v) is 1.88. The van der Waals surface area contributed by atoms with E-state index in [4.69, 9.17) is 11.6 Å². The highest BCUT2D eigenvalue weighted by Gasteiger charge is 2.12. The van der Waals surface area contributed by atoms with Gasteiger partial charge >= 0.3 is 0 Å². The Labute approximate surface area is 59.5 Å². The average Bonchev–Trinajstić information content (AvgIpc) is 1.93. The molecule has 0 N–H and O–H groups in total. The summed E-state index contributed by atoms with van der Waals surface area (Å²) in [5.41, 5.74) is 0. The summed E-state index contributed by atoms with van der Waals surface area (Å²) in [5.74, 6) is -4.40. The van der Waals surface area contributed by atoms with Gasteiger partial charge in [0.05, 0.1) is 6.20 Å². The molecule has 0 spiro atoms. The van der Waals surface area contributed by atoms with Crippen LogP contribution in [0, 0.1) is 17.5 Å². The molecule has 0 aromatic carbocycles. The second-order valence-electron chi connectivity index (χ2n) is 1.52. The summed E-state index contributed by atoms with van der Waals surface area (Å²) in [7, 11) is 0. The van der Waals surface area contributed by atoms with Crippen LogP contribution in [0.4, 0.5) is 13.2 Å². The molecular weight excluding hydrogens is 167 g/mol. The third kappa shape index (κ3) is 1.07. The number of halogens is 4. The van der Waals surface area contributed by atoms with Gasteiger partial charge in [0.1, 0.15) is 0 Å². The lowest BCUT2D eigenvalue weighted by molar-refractivity contribution is 0.441. The predicted octanol–water partition coefficient (Wildman–Crippen LogP) is 2.15. The quantitative estimate of drug-likeness (QED) is 0.540. The van der Waals surface area contributed by atoms with E-state index in [0.717, 1.165) is 0 Å². The molecule has 54 valence electrons. The van der Waals surface area contributed by atoms with Gasteiger partial charge in [-0.1, -0.05) is 11.6 Å². The van der Waals surface area contributed by atoms with Crippen LogP contribution in [0.2, 0.25) is 5.15 Å². The third-order valence-corrected chi connectivity index (χ3v) is 1.14. The average molecular weight is 168 g/mol. The molecule has 0 fully saturated rings. The SMILES string of the molecule is Fc1cnc(Cl)c(F)c1F. The zero-order valence-corrected chi connectivity index (χ0v) is 5.29. The van der Waals surface area contributed by atoms with Crippen molar-refractivity contribution in [2.24, 2.45) is 0 Å². The van der Waals surface area contributed by atoms with E-state index in [1.165, 1.54) is 0 Å².